The van der Waals surface area contributed by atoms with Crippen LogP contribution in [0, 0.1) is 0 Å². The van der Waals surface area contributed by atoms with Crippen LogP contribution in [0.2, 0.25) is 0 Å². The molecule has 0 aliphatic rings. The normalized spacial score (nSPS) is 7.33. The van der Waals surface area contributed by atoms with Crippen molar-refractivity contribution in [2.24, 2.45) is 0 Å². The van der Waals surface area contributed by atoms with Crippen LogP contribution in [0.5, 0.6) is 0 Å². The lowest BCUT2D eigenvalue weighted by molar-refractivity contribution is -0.325. The molecule has 12 heavy (non-hydrogen) atoms. The number of carboxylic acid groups (broad SMARTS) is 2. The van der Waals surface area contributed by atoms with Gasteiger partial charge in [-0.15, -0.1) is 0 Å². The molecule has 6 nitrogen and oxygen atoms in total. The Balaban J connectivity index is -0.000000175. The number of carboxylic acids is 2. The molecule has 0 bridgehead atoms. The maximum atomic E-state index is 9.41. The molecule has 6 N–H and O–H groups in total. The van der Waals surface area contributed by atoms with Crippen LogP contribution >= 0.6 is 0 Å². The monoisotopic (exact) mass is 178 g/mol. The molecule has 0 aromatic rings. The Morgan fingerprint density at radius 3 is 1.17 bits per heavy atom. The first-order valence-electron chi connectivity index (χ1n) is 3.14. The van der Waals surface area contributed by atoms with Crippen molar-refractivity contribution in [1.82, 2.24) is 0 Å². The molecule has 0 saturated carbocycles. The largest absolute Gasteiger partial charge is 0.545 e. The standard InChI is InChI=1S/C4H4O4.2CH5N/c5-3(6)1-2-4(7)8;2*1-2/h1-2H,(H,5,6)(H,7,8);2*2H2,1H3/b2-1-;;. The van der Waals surface area contributed by atoms with E-state index in [1.807, 2.05) is 0 Å². The van der Waals surface area contributed by atoms with Gasteiger partial charge >= 0.3 is 0 Å². The summed E-state index contributed by atoms with van der Waals surface area (Å²) in [5.74, 6) is -3.09. The van der Waals surface area contributed by atoms with Crippen molar-refractivity contribution in [2.75, 3.05) is 14.1 Å². The van der Waals surface area contributed by atoms with Crippen LogP contribution in [0.25, 0.3) is 0 Å². The van der Waals surface area contributed by atoms with E-state index in [1.54, 1.807) is 14.1 Å². The van der Waals surface area contributed by atoms with Crippen LogP contribution in [-0.4, -0.2) is 26.0 Å². The molecule has 0 rings (SSSR count). The van der Waals surface area contributed by atoms with Crippen molar-refractivity contribution in [3.05, 3.63) is 12.2 Å². The van der Waals surface area contributed by atoms with Gasteiger partial charge in [-0.3, -0.25) is 0 Å². The van der Waals surface area contributed by atoms with Gasteiger partial charge < -0.3 is 31.3 Å². The van der Waals surface area contributed by atoms with E-state index in [0.717, 1.165) is 0 Å². The second kappa shape index (κ2) is 16.3. The van der Waals surface area contributed by atoms with Gasteiger partial charge in [-0.05, 0) is 12.2 Å². The summed E-state index contributed by atoms with van der Waals surface area (Å²) >= 11 is 0. The van der Waals surface area contributed by atoms with E-state index in [2.05, 4.69) is 11.5 Å². The van der Waals surface area contributed by atoms with E-state index >= 15 is 0 Å². The third-order valence-corrected chi connectivity index (χ3v) is 0.355. The average molecular weight is 178 g/mol. The quantitative estimate of drug-likeness (QED) is 0.408. The zero-order chi connectivity index (χ0) is 10.6. The summed E-state index contributed by atoms with van der Waals surface area (Å²) in [6, 6.07) is 0. The Morgan fingerprint density at radius 1 is 0.917 bits per heavy atom. The molecule has 0 unspecified atom stereocenters. The van der Waals surface area contributed by atoms with Gasteiger partial charge in [0, 0.05) is 0 Å². The van der Waals surface area contributed by atoms with Crippen LogP contribution in [0.1, 0.15) is 0 Å². The second-order valence-corrected chi connectivity index (χ2v) is 0.971. The molecule has 0 aliphatic carbocycles. The molecule has 0 spiro atoms. The van der Waals surface area contributed by atoms with Crippen molar-refractivity contribution in [2.45, 2.75) is 0 Å². The van der Waals surface area contributed by atoms with E-state index in [-0.39, 0.29) is 0 Å². The molecular formula is C6H14N2O4. The van der Waals surface area contributed by atoms with Crippen molar-refractivity contribution < 1.29 is 31.3 Å². The molecule has 0 aliphatic heterocycles. The number of aliphatic carboxylic acids is 2. The van der Waals surface area contributed by atoms with Crippen molar-refractivity contribution >= 4 is 11.9 Å². The molecule has 0 saturated heterocycles. The Bertz CT molecular complexity index is 128. The highest BCUT2D eigenvalue weighted by Crippen LogP contribution is 1.64. The SMILES string of the molecule is C[NH3+].C[NH3+].O=C([O-])/C=C\C(=O)[O-]. The Hall–Kier alpha value is -1.40. The number of hydrogen-bond donors (Lipinski definition) is 2. The molecule has 72 valence electrons. The van der Waals surface area contributed by atoms with Crippen LogP contribution < -0.4 is 21.7 Å². The van der Waals surface area contributed by atoms with Gasteiger partial charge in [0.25, 0.3) is 0 Å². The topological polar surface area (TPSA) is 136 Å². The fraction of sp³-hybridized carbons (Fsp3) is 0.333. The molecule has 0 fully saturated rings. The second-order valence-electron chi connectivity index (χ2n) is 0.971. The first kappa shape index (κ1) is 16.9. The first-order valence-corrected chi connectivity index (χ1v) is 3.14. The zero-order valence-electron chi connectivity index (χ0n) is 7.20. The first-order chi connectivity index (χ1) is 5.63. The van der Waals surface area contributed by atoms with Gasteiger partial charge in [-0.2, -0.15) is 0 Å². The van der Waals surface area contributed by atoms with E-state index in [9.17, 15) is 19.8 Å². The molecule has 0 aromatic heterocycles. The fourth-order valence-corrected chi connectivity index (χ4v) is 0.136. The third kappa shape index (κ3) is 38.3. The van der Waals surface area contributed by atoms with Gasteiger partial charge in [-0.1, -0.05) is 0 Å². The lowest BCUT2D eigenvalue weighted by atomic mass is 10.5. The minimum absolute atomic E-state index is 0.384. The van der Waals surface area contributed by atoms with Gasteiger partial charge in [0.1, 0.15) is 0 Å². The van der Waals surface area contributed by atoms with Crippen molar-refractivity contribution in [3.8, 4) is 0 Å². The Kier molecular flexibility index (Phi) is 23.0. The highest BCUT2D eigenvalue weighted by atomic mass is 16.4. The highest BCUT2D eigenvalue weighted by molar-refractivity contribution is 5.87. The van der Waals surface area contributed by atoms with Crippen molar-refractivity contribution in [3.63, 3.8) is 0 Å². The molecule has 0 heterocycles. The zero-order valence-corrected chi connectivity index (χ0v) is 7.20. The Labute approximate surface area is 70.5 Å². The smallest absolute Gasteiger partial charge is 0.0643 e. The minimum atomic E-state index is -1.55. The maximum Gasteiger partial charge on any atom is 0.0643 e. The van der Waals surface area contributed by atoms with E-state index < -0.39 is 11.9 Å². The minimum Gasteiger partial charge on any atom is -0.545 e. The summed E-state index contributed by atoms with van der Waals surface area (Å²) in [6.07, 6.45) is 0.769. The fourth-order valence-electron chi connectivity index (χ4n) is 0.136. The lowest BCUT2D eigenvalue weighted by Crippen LogP contribution is -2.40. The summed E-state index contributed by atoms with van der Waals surface area (Å²) in [4.78, 5) is 18.8. The number of carbonyl (C=O) groups is 2. The molecule has 0 aromatic carbocycles. The van der Waals surface area contributed by atoms with Gasteiger partial charge in [0.05, 0.1) is 26.0 Å². The van der Waals surface area contributed by atoms with Crippen LogP contribution in [0.15, 0.2) is 12.2 Å². The summed E-state index contributed by atoms with van der Waals surface area (Å²) in [5.41, 5.74) is 6.50. The van der Waals surface area contributed by atoms with E-state index in [4.69, 9.17) is 0 Å². The predicted octanol–water partition coefficient (Wildman–Crippen LogP) is -5.24. The van der Waals surface area contributed by atoms with E-state index in [0.29, 0.717) is 12.2 Å². The van der Waals surface area contributed by atoms with Crippen LogP contribution in [0.3, 0.4) is 0 Å². The Morgan fingerprint density at radius 2 is 1.08 bits per heavy atom. The highest BCUT2D eigenvalue weighted by Gasteiger charge is 1.70. The lowest BCUT2D eigenvalue weighted by Gasteiger charge is -1.90. The summed E-state index contributed by atoms with van der Waals surface area (Å²) < 4.78 is 0. The number of quaternary nitrogens is 2. The maximum absolute atomic E-state index is 9.41. The summed E-state index contributed by atoms with van der Waals surface area (Å²) in [6.45, 7) is 0. The predicted molar refractivity (Wildman–Crippen MR) is 36.8 cm³/mol. The number of hydrogen-bond acceptors (Lipinski definition) is 4. The number of carbonyl (C=O) groups excluding carboxylic acids is 2. The molecule has 6 heteroatoms. The summed E-state index contributed by atoms with van der Waals surface area (Å²) in [5, 5.41) is 18.8. The average Bonchev–Trinajstić information content (AvgIpc) is 2.08. The number of rotatable bonds is 2. The van der Waals surface area contributed by atoms with Crippen LogP contribution in [0.4, 0.5) is 0 Å². The van der Waals surface area contributed by atoms with Crippen LogP contribution in [-0.2, 0) is 9.59 Å². The van der Waals surface area contributed by atoms with Gasteiger partial charge in [-0.25, -0.2) is 0 Å². The molecule has 0 atom stereocenters. The molecule has 0 radical (unpaired) electrons. The van der Waals surface area contributed by atoms with Gasteiger partial charge in [0.2, 0.25) is 0 Å². The summed E-state index contributed by atoms with van der Waals surface area (Å²) in [7, 11) is 3.50. The molecular weight excluding hydrogens is 164 g/mol. The van der Waals surface area contributed by atoms with E-state index in [1.165, 1.54) is 0 Å². The van der Waals surface area contributed by atoms with Crippen molar-refractivity contribution in [1.29, 1.82) is 0 Å². The third-order valence-electron chi connectivity index (χ3n) is 0.355. The van der Waals surface area contributed by atoms with Gasteiger partial charge in [0.15, 0.2) is 0 Å². The molecule has 0 amide bonds.